The molecule has 0 aliphatic carbocycles. The lowest BCUT2D eigenvalue weighted by atomic mass is 9.98. The molecule has 0 aromatic carbocycles. The third-order valence-electron chi connectivity index (χ3n) is 4.22. The van der Waals surface area contributed by atoms with Gasteiger partial charge in [-0.25, -0.2) is 4.98 Å². The number of nitrogens with one attached hydrogen (secondary N) is 3. The monoisotopic (exact) mass is 394 g/mol. The Labute approximate surface area is 166 Å². The van der Waals surface area contributed by atoms with Crippen molar-refractivity contribution in [2.24, 2.45) is 23.3 Å². The summed E-state index contributed by atoms with van der Waals surface area (Å²) in [6, 6.07) is -1.90. The minimum atomic E-state index is -0.806. The molecule has 1 heterocycles. The lowest BCUT2D eigenvalue weighted by Gasteiger charge is -2.26. The standard InChI is InChI=1S/C19H34N6O3/c1-11(2)5-13(8-17(21)26)24-19(28)16(6-12(3)4)25-18(27)15(20)7-14-9-22-10-23-14/h9-13,15-16H,5-8,20H2,1-4H3,(H2,21,26)(H,22,23)(H,24,28)(H,25,27)/t13-,15-,16-/m0/s1. The fraction of sp³-hybridized carbons (Fsp3) is 0.684. The molecule has 7 N–H and O–H groups in total. The molecule has 9 heteroatoms. The SMILES string of the molecule is CC(C)C[C@@H](CC(N)=O)NC(=O)[C@H](CC(C)C)NC(=O)[C@@H](N)Cc1cnc[nH]1. The van der Waals surface area contributed by atoms with Gasteiger partial charge in [-0.3, -0.25) is 14.4 Å². The van der Waals surface area contributed by atoms with E-state index in [2.05, 4.69) is 20.6 Å². The highest BCUT2D eigenvalue weighted by Gasteiger charge is 2.27. The summed E-state index contributed by atoms with van der Waals surface area (Å²) in [7, 11) is 0. The molecule has 0 fully saturated rings. The van der Waals surface area contributed by atoms with Crippen LogP contribution in [0.2, 0.25) is 0 Å². The molecule has 0 unspecified atom stereocenters. The van der Waals surface area contributed by atoms with Gasteiger partial charge in [0.2, 0.25) is 17.7 Å². The van der Waals surface area contributed by atoms with Gasteiger partial charge in [0.05, 0.1) is 12.4 Å². The molecule has 0 aliphatic rings. The Balaban J connectivity index is 2.76. The van der Waals surface area contributed by atoms with Gasteiger partial charge < -0.3 is 27.1 Å². The number of hydrogen-bond donors (Lipinski definition) is 5. The topological polar surface area (TPSA) is 156 Å². The number of aromatic nitrogens is 2. The molecule has 0 bridgehead atoms. The van der Waals surface area contributed by atoms with Crippen LogP contribution in [-0.2, 0) is 20.8 Å². The zero-order valence-corrected chi connectivity index (χ0v) is 17.2. The number of aromatic amines is 1. The third-order valence-corrected chi connectivity index (χ3v) is 4.22. The van der Waals surface area contributed by atoms with E-state index in [4.69, 9.17) is 11.5 Å². The molecule has 9 nitrogen and oxygen atoms in total. The Kier molecular flexibility index (Phi) is 9.64. The Morgan fingerprint density at radius 1 is 1.07 bits per heavy atom. The van der Waals surface area contributed by atoms with Crippen LogP contribution < -0.4 is 22.1 Å². The van der Waals surface area contributed by atoms with E-state index in [1.807, 2.05) is 27.7 Å². The summed E-state index contributed by atoms with van der Waals surface area (Å²) >= 11 is 0. The normalized spacial score (nSPS) is 14.5. The van der Waals surface area contributed by atoms with Crippen molar-refractivity contribution in [3.8, 4) is 0 Å². The number of imidazole rings is 1. The second-order valence-corrected chi connectivity index (χ2v) is 8.08. The van der Waals surface area contributed by atoms with Crippen LogP contribution in [-0.4, -0.2) is 45.8 Å². The van der Waals surface area contributed by atoms with Crippen LogP contribution in [0.15, 0.2) is 12.5 Å². The highest BCUT2D eigenvalue weighted by atomic mass is 16.2. The number of nitrogens with two attached hydrogens (primary N) is 2. The maximum Gasteiger partial charge on any atom is 0.242 e. The summed E-state index contributed by atoms with van der Waals surface area (Å²) in [5.74, 6) is -0.754. The van der Waals surface area contributed by atoms with Gasteiger partial charge in [0, 0.05) is 30.8 Å². The van der Waals surface area contributed by atoms with Gasteiger partial charge in [-0.15, -0.1) is 0 Å². The summed E-state index contributed by atoms with van der Waals surface area (Å²) in [6.07, 6.45) is 4.55. The number of amides is 3. The van der Waals surface area contributed by atoms with Crippen LogP contribution in [0.25, 0.3) is 0 Å². The Hall–Kier alpha value is -2.42. The van der Waals surface area contributed by atoms with Gasteiger partial charge in [0.25, 0.3) is 0 Å². The summed E-state index contributed by atoms with van der Waals surface area (Å²) in [5.41, 5.74) is 12.0. The van der Waals surface area contributed by atoms with Crippen molar-refractivity contribution < 1.29 is 14.4 Å². The van der Waals surface area contributed by atoms with Crippen LogP contribution in [0, 0.1) is 11.8 Å². The summed E-state index contributed by atoms with van der Waals surface area (Å²) in [5, 5.41) is 5.61. The van der Waals surface area contributed by atoms with E-state index in [-0.39, 0.29) is 30.2 Å². The zero-order valence-electron chi connectivity index (χ0n) is 17.2. The van der Waals surface area contributed by atoms with Crippen LogP contribution >= 0.6 is 0 Å². The van der Waals surface area contributed by atoms with Crippen molar-refractivity contribution in [2.75, 3.05) is 0 Å². The second-order valence-electron chi connectivity index (χ2n) is 8.08. The summed E-state index contributed by atoms with van der Waals surface area (Å²) < 4.78 is 0. The number of H-pyrrole nitrogens is 1. The largest absolute Gasteiger partial charge is 0.370 e. The maximum atomic E-state index is 12.8. The van der Waals surface area contributed by atoms with E-state index >= 15 is 0 Å². The van der Waals surface area contributed by atoms with Crippen molar-refractivity contribution in [2.45, 2.75) is 71.5 Å². The molecular weight excluding hydrogens is 360 g/mol. The molecule has 3 atom stereocenters. The molecular formula is C19H34N6O3. The number of carbonyl (C=O) groups is 3. The van der Waals surface area contributed by atoms with Gasteiger partial charge in [-0.1, -0.05) is 27.7 Å². The summed E-state index contributed by atoms with van der Waals surface area (Å²) in [6.45, 7) is 7.93. The van der Waals surface area contributed by atoms with Crippen LogP contribution in [0.4, 0.5) is 0 Å². The molecule has 1 aromatic heterocycles. The van der Waals surface area contributed by atoms with Crippen LogP contribution in [0.1, 0.15) is 52.7 Å². The maximum absolute atomic E-state index is 12.8. The third kappa shape index (κ3) is 8.98. The molecule has 1 aromatic rings. The van der Waals surface area contributed by atoms with Gasteiger partial charge in [0.15, 0.2) is 0 Å². The average Bonchev–Trinajstić information content (AvgIpc) is 3.05. The van der Waals surface area contributed by atoms with Crippen molar-refractivity contribution in [3.05, 3.63) is 18.2 Å². The van der Waals surface area contributed by atoms with Crippen LogP contribution in [0.3, 0.4) is 0 Å². The molecule has 0 radical (unpaired) electrons. The number of nitrogens with zero attached hydrogens (tertiary/aromatic N) is 1. The number of rotatable bonds is 12. The number of primary amides is 1. The Morgan fingerprint density at radius 3 is 2.21 bits per heavy atom. The predicted octanol–water partition coefficient (Wildman–Crippen LogP) is 0.217. The minimum Gasteiger partial charge on any atom is -0.370 e. The highest BCUT2D eigenvalue weighted by molar-refractivity contribution is 5.90. The molecule has 28 heavy (non-hydrogen) atoms. The molecule has 0 saturated carbocycles. The smallest absolute Gasteiger partial charge is 0.242 e. The van der Waals surface area contributed by atoms with Gasteiger partial charge in [-0.05, 0) is 24.7 Å². The van der Waals surface area contributed by atoms with Gasteiger partial charge in [0.1, 0.15) is 6.04 Å². The number of hydrogen-bond acceptors (Lipinski definition) is 5. The molecule has 0 spiro atoms. The van der Waals surface area contributed by atoms with Crippen molar-refractivity contribution in [1.29, 1.82) is 0 Å². The van der Waals surface area contributed by atoms with Crippen molar-refractivity contribution in [1.82, 2.24) is 20.6 Å². The van der Waals surface area contributed by atoms with Gasteiger partial charge >= 0.3 is 0 Å². The minimum absolute atomic E-state index is 0.0611. The second kappa shape index (κ2) is 11.4. The summed E-state index contributed by atoms with van der Waals surface area (Å²) in [4.78, 5) is 43.4. The van der Waals surface area contributed by atoms with Crippen LogP contribution in [0.5, 0.6) is 0 Å². The van der Waals surface area contributed by atoms with E-state index in [1.54, 1.807) is 6.20 Å². The fourth-order valence-electron chi connectivity index (χ4n) is 3.01. The first-order valence-electron chi connectivity index (χ1n) is 9.70. The molecule has 1 rings (SSSR count). The lowest BCUT2D eigenvalue weighted by Crippen LogP contribution is -2.54. The molecule has 158 valence electrons. The lowest BCUT2D eigenvalue weighted by molar-refractivity contribution is -0.130. The van der Waals surface area contributed by atoms with Crippen molar-refractivity contribution >= 4 is 17.7 Å². The molecule has 0 aliphatic heterocycles. The predicted molar refractivity (Wildman–Crippen MR) is 107 cm³/mol. The number of carbonyl (C=O) groups excluding carboxylic acids is 3. The average molecular weight is 395 g/mol. The fourth-order valence-corrected chi connectivity index (χ4v) is 3.01. The van der Waals surface area contributed by atoms with E-state index in [9.17, 15) is 14.4 Å². The van der Waals surface area contributed by atoms with E-state index in [1.165, 1.54) is 6.33 Å². The first-order chi connectivity index (χ1) is 13.1. The van der Waals surface area contributed by atoms with E-state index in [0.29, 0.717) is 19.3 Å². The molecule has 3 amide bonds. The van der Waals surface area contributed by atoms with E-state index in [0.717, 1.165) is 5.69 Å². The van der Waals surface area contributed by atoms with Crippen molar-refractivity contribution in [3.63, 3.8) is 0 Å². The Bertz CT molecular complexity index is 630. The van der Waals surface area contributed by atoms with E-state index < -0.39 is 23.9 Å². The first-order valence-corrected chi connectivity index (χ1v) is 9.70. The van der Waals surface area contributed by atoms with Gasteiger partial charge in [-0.2, -0.15) is 0 Å². The first kappa shape index (κ1) is 23.6. The Morgan fingerprint density at radius 2 is 1.71 bits per heavy atom. The quantitative estimate of drug-likeness (QED) is 0.343. The zero-order chi connectivity index (χ0) is 21.3. The molecule has 0 saturated heterocycles. The highest BCUT2D eigenvalue weighted by Crippen LogP contribution is 2.11.